The predicted octanol–water partition coefficient (Wildman–Crippen LogP) is 3.85. The smallest absolute Gasteiger partial charge is 0.314 e. The summed E-state index contributed by atoms with van der Waals surface area (Å²) < 4.78 is 12.5. The fourth-order valence-corrected chi connectivity index (χ4v) is 3.52. The minimum absolute atomic E-state index is 0.181. The molecule has 0 amide bonds. The van der Waals surface area contributed by atoms with Crippen molar-refractivity contribution in [3.05, 3.63) is 21.7 Å². The normalized spacial score (nSPS) is 19.2. The molecule has 2 aliphatic rings. The molecule has 1 aromatic carbocycles. The van der Waals surface area contributed by atoms with Gasteiger partial charge in [-0.25, -0.2) is 0 Å². The Kier molecular flexibility index (Phi) is 3.64. The first-order valence-electron chi connectivity index (χ1n) is 7.33. The van der Waals surface area contributed by atoms with Crippen LogP contribution in [0.3, 0.4) is 0 Å². The molecule has 0 saturated heterocycles. The number of fused-ring (bicyclic) bond motifs is 1. The van der Waals surface area contributed by atoms with Crippen molar-refractivity contribution in [1.82, 2.24) is 0 Å². The lowest BCUT2D eigenvalue weighted by molar-refractivity contribution is -0.140. The van der Waals surface area contributed by atoms with E-state index in [9.17, 15) is 9.90 Å². The Morgan fingerprint density at radius 2 is 1.90 bits per heavy atom. The third-order valence-electron chi connectivity index (χ3n) is 4.26. The third-order valence-corrected chi connectivity index (χ3v) is 4.85. The van der Waals surface area contributed by atoms with E-state index in [-0.39, 0.29) is 5.92 Å². The zero-order valence-corrected chi connectivity index (χ0v) is 13.8. The molecule has 0 aromatic heterocycles. The van der Waals surface area contributed by atoms with Gasteiger partial charge < -0.3 is 14.6 Å². The molecule has 1 heterocycles. The number of carboxylic acids is 1. The van der Waals surface area contributed by atoms with Crippen LogP contribution in [0.15, 0.2) is 10.5 Å². The first kappa shape index (κ1) is 14.7. The summed E-state index contributed by atoms with van der Waals surface area (Å²) in [5, 5.41) is 9.63. The van der Waals surface area contributed by atoms with Gasteiger partial charge in [0.05, 0.1) is 23.1 Å². The summed E-state index contributed by atoms with van der Waals surface area (Å²) in [7, 11) is 0. The van der Waals surface area contributed by atoms with Crippen LogP contribution in [0.2, 0.25) is 0 Å². The number of halogens is 1. The molecule has 0 atom stereocenters. The summed E-state index contributed by atoms with van der Waals surface area (Å²) in [6.07, 6.45) is 2.21. The second-order valence-electron chi connectivity index (χ2n) is 6.07. The lowest BCUT2D eigenvalue weighted by atomic mass is 9.85. The minimum Gasteiger partial charge on any atom is -0.489 e. The van der Waals surface area contributed by atoms with Crippen LogP contribution in [0.5, 0.6) is 11.5 Å². The molecule has 1 aromatic rings. The summed E-state index contributed by atoms with van der Waals surface area (Å²) in [6, 6.07) is 1.92. The Hall–Kier alpha value is -1.23. The number of aliphatic carboxylic acids is 1. The lowest BCUT2D eigenvalue weighted by Crippen LogP contribution is -2.22. The van der Waals surface area contributed by atoms with E-state index in [1.165, 1.54) is 0 Å². The van der Waals surface area contributed by atoms with Gasteiger partial charge in [0.1, 0.15) is 0 Å². The van der Waals surface area contributed by atoms with Crippen LogP contribution in [-0.4, -0.2) is 24.3 Å². The summed E-state index contributed by atoms with van der Waals surface area (Å²) in [5.74, 6) is 0.867. The van der Waals surface area contributed by atoms with Gasteiger partial charge in [-0.1, -0.05) is 13.8 Å². The third kappa shape index (κ3) is 2.31. The number of rotatable bonds is 3. The van der Waals surface area contributed by atoms with E-state index >= 15 is 0 Å². The molecule has 114 valence electrons. The molecule has 0 radical (unpaired) electrons. The highest BCUT2D eigenvalue weighted by atomic mass is 79.9. The zero-order chi connectivity index (χ0) is 15.2. The van der Waals surface area contributed by atoms with E-state index in [4.69, 9.17) is 9.47 Å². The largest absolute Gasteiger partial charge is 0.489 e. The van der Waals surface area contributed by atoms with Crippen LogP contribution in [-0.2, 0) is 10.2 Å². The monoisotopic (exact) mass is 354 g/mol. The lowest BCUT2D eigenvalue weighted by Gasteiger charge is -2.24. The van der Waals surface area contributed by atoms with Crippen molar-refractivity contribution < 1.29 is 19.4 Å². The molecular weight excluding hydrogens is 336 g/mol. The fourth-order valence-electron chi connectivity index (χ4n) is 3.00. The zero-order valence-electron chi connectivity index (χ0n) is 12.2. The summed E-state index contributed by atoms with van der Waals surface area (Å²) >= 11 is 3.52. The van der Waals surface area contributed by atoms with Crippen LogP contribution < -0.4 is 9.47 Å². The molecule has 1 fully saturated rings. The number of carbonyl (C=O) groups is 1. The van der Waals surface area contributed by atoms with Gasteiger partial charge in [0.2, 0.25) is 0 Å². The first-order chi connectivity index (χ1) is 9.97. The highest BCUT2D eigenvalue weighted by molar-refractivity contribution is 9.10. The van der Waals surface area contributed by atoms with Crippen molar-refractivity contribution in [3.63, 3.8) is 0 Å². The average molecular weight is 355 g/mol. The van der Waals surface area contributed by atoms with Crippen molar-refractivity contribution >= 4 is 21.9 Å². The van der Waals surface area contributed by atoms with Crippen LogP contribution in [0.4, 0.5) is 0 Å². The van der Waals surface area contributed by atoms with Crippen LogP contribution in [0.1, 0.15) is 50.2 Å². The summed E-state index contributed by atoms with van der Waals surface area (Å²) in [4.78, 5) is 11.7. The van der Waals surface area contributed by atoms with Gasteiger partial charge in [-0.05, 0) is 46.3 Å². The minimum atomic E-state index is -0.745. The second kappa shape index (κ2) is 5.20. The standard InChI is InChI=1S/C16H19BrO4/c1-9(2)12-10(16(4-5-16)15(18)19)8-11(17)13-14(12)21-7-3-6-20-13/h8-9H,3-7H2,1-2H3,(H,18,19). The average Bonchev–Trinajstić information content (AvgIpc) is 3.22. The first-order valence-corrected chi connectivity index (χ1v) is 8.12. The van der Waals surface area contributed by atoms with Gasteiger partial charge in [0.15, 0.2) is 11.5 Å². The molecule has 1 aliphatic carbocycles. The Morgan fingerprint density at radius 1 is 1.29 bits per heavy atom. The fraction of sp³-hybridized carbons (Fsp3) is 0.562. The number of hydrogen-bond donors (Lipinski definition) is 1. The van der Waals surface area contributed by atoms with Crippen molar-refractivity contribution in [2.24, 2.45) is 0 Å². The van der Waals surface area contributed by atoms with E-state index in [0.29, 0.717) is 31.8 Å². The van der Waals surface area contributed by atoms with Crippen LogP contribution in [0.25, 0.3) is 0 Å². The Balaban J connectivity index is 2.24. The molecule has 4 nitrogen and oxygen atoms in total. The maximum atomic E-state index is 11.7. The molecule has 21 heavy (non-hydrogen) atoms. The Morgan fingerprint density at radius 3 is 2.43 bits per heavy atom. The maximum Gasteiger partial charge on any atom is 0.314 e. The van der Waals surface area contributed by atoms with E-state index in [1.807, 2.05) is 6.07 Å². The molecular formula is C16H19BrO4. The maximum absolute atomic E-state index is 11.7. The number of hydrogen-bond acceptors (Lipinski definition) is 3. The molecule has 1 N–H and O–H groups in total. The van der Waals surface area contributed by atoms with Crippen molar-refractivity contribution in [1.29, 1.82) is 0 Å². The van der Waals surface area contributed by atoms with Gasteiger partial charge in [-0.3, -0.25) is 4.79 Å². The quantitative estimate of drug-likeness (QED) is 0.895. The molecule has 0 spiro atoms. The second-order valence-corrected chi connectivity index (χ2v) is 6.92. The van der Waals surface area contributed by atoms with Crippen LogP contribution >= 0.6 is 15.9 Å². The van der Waals surface area contributed by atoms with Gasteiger partial charge in [-0.2, -0.15) is 0 Å². The van der Waals surface area contributed by atoms with E-state index in [2.05, 4.69) is 29.8 Å². The highest BCUT2D eigenvalue weighted by Gasteiger charge is 2.54. The molecule has 3 rings (SSSR count). The van der Waals surface area contributed by atoms with Crippen molar-refractivity contribution in [3.8, 4) is 11.5 Å². The number of carboxylic acid groups (broad SMARTS) is 1. The SMILES string of the molecule is CC(C)c1c(C2(C(=O)O)CC2)cc(Br)c2c1OCCCO2. The molecule has 0 unspecified atom stereocenters. The number of ether oxygens (including phenoxy) is 2. The molecule has 0 bridgehead atoms. The van der Waals surface area contributed by atoms with Crippen molar-refractivity contribution in [2.45, 2.75) is 44.4 Å². The van der Waals surface area contributed by atoms with E-state index in [1.54, 1.807) is 0 Å². The van der Waals surface area contributed by atoms with Gasteiger partial charge in [0.25, 0.3) is 0 Å². The Bertz CT molecular complexity index is 590. The Labute approximate surface area is 132 Å². The van der Waals surface area contributed by atoms with Gasteiger partial charge >= 0.3 is 5.97 Å². The predicted molar refractivity (Wildman–Crippen MR) is 82.4 cm³/mol. The molecule has 1 saturated carbocycles. The van der Waals surface area contributed by atoms with E-state index < -0.39 is 11.4 Å². The van der Waals surface area contributed by atoms with Crippen molar-refractivity contribution in [2.75, 3.05) is 13.2 Å². The molecule has 5 heteroatoms. The molecule has 1 aliphatic heterocycles. The van der Waals surface area contributed by atoms with E-state index in [0.717, 1.165) is 27.8 Å². The summed E-state index contributed by atoms with van der Waals surface area (Å²) in [6.45, 7) is 5.35. The topological polar surface area (TPSA) is 55.8 Å². The number of benzene rings is 1. The van der Waals surface area contributed by atoms with Gasteiger partial charge in [0, 0.05) is 12.0 Å². The van der Waals surface area contributed by atoms with Crippen LogP contribution in [0, 0.1) is 0 Å². The van der Waals surface area contributed by atoms with Gasteiger partial charge in [-0.15, -0.1) is 0 Å². The summed E-state index contributed by atoms with van der Waals surface area (Å²) in [5.41, 5.74) is 1.11. The highest BCUT2D eigenvalue weighted by Crippen LogP contribution is 2.55.